The Morgan fingerprint density at radius 2 is 1.80 bits per heavy atom. The van der Waals surface area contributed by atoms with Gasteiger partial charge in [0, 0.05) is 18.8 Å². The number of hydrogen-bond acceptors (Lipinski definition) is 3. The van der Waals surface area contributed by atoms with Gasteiger partial charge in [-0.25, -0.2) is 4.98 Å². The predicted octanol–water partition coefficient (Wildman–Crippen LogP) is 4.63. The summed E-state index contributed by atoms with van der Waals surface area (Å²) in [6.07, 6.45) is 6.23. The normalized spacial score (nSPS) is 11.9. The highest BCUT2D eigenvalue weighted by Gasteiger charge is 2.17. The lowest BCUT2D eigenvalue weighted by Crippen LogP contribution is -2.16. The van der Waals surface area contributed by atoms with E-state index < -0.39 is 0 Å². The molecule has 0 radical (unpaired) electrons. The van der Waals surface area contributed by atoms with Crippen molar-refractivity contribution in [3.05, 3.63) is 78.9 Å². The van der Waals surface area contributed by atoms with E-state index in [1.54, 1.807) is 12.5 Å². The van der Waals surface area contributed by atoms with Crippen molar-refractivity contribution in [2.45, 2.75) is 32.4 Å². The van der Waals surface area contributed by atoms with E-state index in [9.17, 15) is 4.79 Å². The minimum Gasteiger partial charge on any atom is -0.456 e. The van der Waals surface area contributed by atoms with Crippen LogP contribution < -0.4 is 0 Å². The zero-order valence-electron chi connectivity index (χ0n) is 14.3. The van der Waals surface area contributed by atoms with Crippen LogP contribution in [-0.4, -0.2) is 15.5 Å². The van der Waals surface area contributed by atoms with Crippen LogP contribution in [0, 0.1) is 0 Å². The average molecular weight is 334 g/mol. The van der Waals surface area contributed by atoms with Crippen LogP contribution in [0.4, 0.5) is 0 Å². The summed E-state index contributed by atoms with van der Waals surface area (Å²) in [5.74, 6) is -0.167. The molecular weight excluding hydrogens is 312 g/mol. The van der Waals surface area contributed by atoms with Gasteiger partial charge < -0.3 is 9.30 Å². The van der Waals surface area contributed by atoms with Gasteiger partial charge in [0.05, 0.1) is 12.9 Å². The Kier molecular flexibility index (Phi) is 5.62. The maximum atomic E-state index is 12.0. The van der Waals surface area contributed by atoms with Crippen LogP contribution in [0.3, 0.4) is 0 Å². The molecule has 1 atom stereocenters. The Bertz CT molecular complexity index is 781. The van der Waals surface area contributed by atoms with Gasteiger partial charge in [-0.05, 0) is 23.1 Å². The van der Waals surface area contributed by atoms with E-state index >= 15 is 0 Å². The standard InChI is InChI=1S/C21H22N2O2/c1-2-6-21(24)25-20(15-23-14-13-22-16-23)19-11-9-18(10-12-19)17-7-4-3-5-8-17/h3-5,7-14,16,20H,2,6,15H2,1H3. The summed E-state index contributed by atoms with van der Waals surface area (Å²) in [6.45, 7) is 2.53. The highest BCUT2D eigenvalue weighted by Crippen LogP contribution is 2.25. The summed E-state index contributed by atoms with van der Waals surface area (Å²) in [4.78, 5) is 16.1. The number of aromatic nitrogens is 2. The van der Waals surface area contributed by atoms with E-state index in [1.165, 1.54) is 5.56 Å². The Hall–Kier alpha value is -2.88. The molecule has 1 unspecified atom stereocenters. The first-order chi connectivity index (χ1) is 12.3. The lowest BCUT2D eigenvalue weighted by molar-refractivity contribution is -0.150. The molecule has 0 bridgehead atoms. The minimum atomic E-state index is -0.321. The SMILES string of the molecule is CCCC(=O)OC(Cn1ccnc1)c1ccc(-c2ccccc2)cc1. The second kappa shape index (κ2) is 8.29. The average Bonchev–Trinajstić information content (AvgIpc) is 3.15. The third-order valence-electron chi connectivity index (χ3n) is 4.05. The van der Waals surface area contributed by atoms with Crippen molar-refractivity contribution < 1.29 is 9.53 Å². The van der Waals surface area contributed by atoms with E-state index in [0.717, 1.165) is 17.5 Å². The fraction of sp³-hybridized carbons (Fsp3) is 0.238. The Labute approximate surface area is 148 Å². The van der Waals surface area contributed by atoms with Crippen LogP contribution in [0.15, 0.2) is 73.3 Å². The van der Waals surface area contributed by atoms with Crippen LogP contribution in [0.25, 0.3) is 11.1 Å². The number of hydrogen-bond donors (Lipinski definition) is 0. The first kappa shape index (κ1) is 17.0. The van der Waals surface area contributed by atoms with Gasteiger partial charge in [-0.15, -0.1) is 0 Å². The van der Waals surface area contributed by atoms with Crippen molar-refractivity contribution in [3.8, 4) is 11.1 Å². The molecule has 0 fully saturated rings. The van der Waals surface area contributed by atoms with E-state index in [0.29, 0.717) is 13.0 Å². The van der Waals surface area contributed by atoms with Crippen LogP contribution in [0.1, 0.15) is 31.4 Å². The highest BCUT2D eigenvalue weighted by atomic mass is 16.5. The van der Waals surface area contributed by atoms with Crippen LogP contribution in [0.2, 0.25) is 0 Å². The number of nitrogens with zero attached hydrogens (tertiary/aromatic N) is 2. The third kappa shape index (κ3) is 4.57. The quantitative estimate of drug-likeness (QED) is 0.592. The van der Waals surface area contributed by atoms with E-state index in [1.807, 2.05) is 48.0 Å². The van der Waals surface area contributed by atoms with Crippen molar-refractivity contribution >= 4 is 5.97 Å². The molecule has 3 rings (SSSR count). The second-order valence-electron chi connectivity index (χ2n) is 5.98. The highest BCUT2D eigenvalue weighted by molar-refractivity contribution is 5.69. The fourth-order valence-electron chi connectivity index (χ4n) is 2.74. The molecule has 4 heteroatoms. The van der Waals surface area contributed by atoms with Crippen LogP contribution in [-0.2, 0) is 16.1 Å². The smallest absolute Gasteiger partial charge is 0.306 e. The van der Waals surface area contributed by atoms with E-state index in [2.05, 4.69) is 29.2 Å². The van der Waals surface area contributed by atoms with Crippen molar-refractivity contribution in [1.82, 2.24) is 9.55 Å². The number of rotatable bonds is 7. The molecular formula is C21H22N2O2. The molecule has 4 nitrogen and oxygen atoms in total. The Morgan fingerprint density at radius 3 is 2.44 bits per heavy atom. The molecule has 0 aliphatic rings. The maximum absolute atomic E-state index is 12.0. The summed E-state index contributed by atoms with van der Waals surface area (Å²) in [7, 11) is 0. The number of carbonyl (C=O) groups is 1. The van der Waals surface area contributed by atoms with Crippen molar-refractivity contribution in [3.63, 3.8) is 0 Å². The zero-order valence-corrected chi connectivity index (χ0v) is 14.3. The van der Waals surface area contributed by atoms with Gasteiger partial charge in [-0.3, -0.25) is 4.79 Å². The fourth-order valence-corrected chi connectivity index (χ4v) is 2.74. The summed E-state index contributed by atoms with van der Waals surface area (Å²) in [5.41, 5.74) is 3.30. The monoisotopic (exact) mass is 334 g/mol. The summed E-state index contributed by atoms with van der Waals surface area (Å²) in [5, 5.41) is 0. The molecule has 0 saturated carbocycles. The van der Waals surface area contributed by atoms with Crippen LogP contribution in [0.5, 0.6) is 0 Å². The van der Waals surface area contributed by atoms with Gasteiger partial charge in [0.25, 0.3) is 0 Å². The largest absolute Gasteiger partial charge is 0.456 e. The van der Waals surface area contributed by atoms with Gasteiger partial charge in [0.15, 0.2) is 0 Å². The molecule has 0 aliphatic carbocycles. The molecule has 0 saturated heterocycles. The second-order valence-corrected chi connectivity index (χ2v) is 5.98. The summed E-state index contributed by atoms with van der Waals surface area (Å²) in [6, 6.07) is 18.4. The number of carbonyl (C=O) groups excluding carboxylic acids is 1. The number of esters is 1. The molecule has 2 aromatic carbocycles. The molecule has 128 valence electrons. The van der Waals surface area contributed by atoms with E-state index in [4.69, 9.17) is 4.74 Å². The van der Waals surface area contributed by atoms with Gasteiger partial charge >= 0.3 is 5.97 Å². The van der Waals surface area contributed by atoms with Crippen molar-refractivity contribution in [1.29, 1.82) is 0 Å². The molecule has 25 heavy (non-hydrogen) atoms. The van der Waals surface area contributed by atoms with Gasteiger partial charge in [-0.1, -0.05) is 61.5 Å². The number of benzene rings is 2. The van der Waals surface area contributed by atoms with Gasteiger partial charge in [0.1, 0.15) is 6.10 Å². The molecule has 0 amide bonds. The lowest BCUT2D eigenvalue weighted by atomic mass is 10.0. The number of ether oxygens (including phenoxy) is 1. The molecule has 0 spiro atoms. The first-order valence-electron chi connectivity index (χ1n) is 8.57. The van der Waals surface area contributed by atoms with Gasteiger partial charge in [0.2, 0.25) is 0 Å². The predicted molar refractivity (Wildman–Crippen MR) is 97.8 cm³/mol. The molecule has 0 N–H and O–H groups in total. The topological polar surface area (TPSA) is 44.1 Å². The third-order valence-corrected chi connectivity index (χ3v) is 4.05. The minimum absolute atomic E-state index is 0.167. The van der Waals surface area contributed by atoms with Crippen molar-refractivity contribution in [2.24, 2.45) is 0 Å². The van der Waals surface area contributed by atoms with Crippen LogP contribution >= 0.6 is 0 Å². The summed E-state index contributed by atoms with van der Waals surface area (Å²) < 4.78 is 7.63. The van der Waals surface area contributed by atoms with Gasteiger partial charge in [-0.2, -0.15) is 0 Å². The lowest BCUT2D eigenvalue weighted by Gasteiger charge is -2.19. The maximum Gasteiger partial charge on any atom is 0.306 e. The van der Waals surface area contributed by atoms with E-state index in [-0.39, 0.29) is 12.1 Å². The van der Waals surface area contributed by atoms with Crippen molar-refractivity contribution in [2.75, 3.05) is 0 Å². The molecule has 0 aliphatic heterocycles. The molecule has 3 aromatic rings. The first-order valence-corrected chi connectivity index (χ1v) is 8.57. The molecule has 1 aromatic heterocycles. The number of imidazole rings is 1. The summed E-state index contributed by atoms with van der Waals surface area (Å²) >= 11 is 0. The zero-order chi connectivity index (χ0) is 17.5. The Morgan fingerprint density at radius 1 is 1.08 bits per heavy atom. The molecule has 1 heterocycles. The Balaban J connectivity index is 1.80.